The SMILES string of the molecule is CCNC(=NCC(C)N1CCOCC1)NCCOC. The van der Waals surface area contributed by atoms with Crippen LogP contribution in [0, 0.1) is 0 Å². The first kappa shape index (κ1) is 16.2. The van der Waals surface area contributed by atoms with Crippen molar-refractivity contribution in [3.05, 3.63) is 0 Å². The van der Waals surface area contributed by atoms with Gasteiger partial charge in [-0.15, -0.1) is 0 Å². The van der Waals surface area contributed by atoms with Gasteiger partial charge < -0.3 is 20.1 Å². The van der Waals surface area contributed by atoms with E-state index in [9.17, 15) is 0 Å². The van der Waals surface area contributed by atoms with Crippen molar-refractivity contribution in [2.45, 2.75) is 19.9 Å². The Morgan fingerprint density at radius 2 is 2.11 bits per heavy atom. The van der Waals surface area contributed by atoms with Crippen molar-refractivity contribution in [2.24, 2.45) is 4.99 Å². The van der Waals surface area contributed by atoms with Gasteiger partial charge in [-0.3, -0.25) is 9.89 Å². The summed E-state index contributed by atoms with van der Waals surface area (Å²) in [6, 6.07) is 0.446. The van der Waals surface area contributed by atoms with Crippen molar-refractivity contribution in [2.75, 3.05) is 59.7 Å². The second kappa shape index (κ2) is 10.00. The van der Waals surface area contributed by atoms with Crippen LogP contribution in [0.15, 0.2) is 4.99 Å². The highest BCUT2D eigenvalue weighted by Gasteiger charge is 2.16. The molecule has 2 N–H and O–H groups in total. The van der Waals surface area contributed by atoms with Gasteiger partial charge in [-0.05, 0) is 13.8 Å². The Morgan fingerprint density at radius 1 is 1.37 bits per heavy atom. The number of methoxy groups -OCH3 is 1. The van der Waals surface area contributed by atoms with E-state index in [-0.39, 0.29) is 0 Å². The topological polar surface area (TPSA) is 58.1 Å². The van der Waals surface area contributed by atoms with Crippen LogP contribution in [0.4, 0.5) is 0 Å². The minimum Gasteiger partial charge on any atom is -0.383 e. The number of ether oxygens (including phenoxy) is 2. The van der Waals surface area contributed by atoms with Gasteiger partial charge in [0.25, 0.3) is 0 Å². The summed E-state index contributed by atoms with van der Waals surface area (Å²) >= 11 is 0. The Morgan fingerprint density at radius 3 is 2.74 bits per heavy atom. The summed E-state index contributed by atoms with van der Waals surface area (Å²) in [7, 11) is 1.70. The third-order valence-electron chi connectivity index (χ3n) is 3.13. The fraction of sp³-hybridized carbons (Fsp3) is 0.923. The summed E-state index contributed by atoms with van der Waals surface area (Å²) in [5.41, 5.74) is 0. The third-order valence-corrected chi connectivity index (χ3v) is 3.13. The maximum Gasteiger partial charge on any atom is 0.191 e. The summed E-state index contributed by atoms with van der Waals surface area (Å²) in [6.07, 6.45) is 0. The van der Waals surface area contributed by atoms with Crippen LogP contribution in [0.2, 0.25) is 0 Å². The molecule has 6 heteroatoms. The molecule has 0 spiro atoms. The van der Waals surface area contributed by atoms with Crippen LogP contribution in [-0.2, 0) is 9.47 Å². The van der Waals surface area contributed by atoms with Crippen LogP contribution in [0.25, 0.3) is 0 Å². The van der Waals surface area contributed by atoms with Gasteiger partial charge in [-0.1, -0.05) is 0 Å². The van der Waals surface area contributed by atoms with Gasteiger partial charge in [0, 0.05) is 39.3 Å². The molecule has 0 aromatic carbocycles. The second-order valence-electron chi connectivity index (χ2n) is 4.64. The van der Waals surface area contributed by atoms with Gasteiger partial charge in [0.1, 0.15) is 0 Å². The van der Waals surface area contributed by atoms with E-state index in [1.165, 1.54) is 0 Å². The van der Waals surface area contributed by atoms with Gasteiger partial charge in [0.2, 0.25) is 0 Å². The Hall–Kier alpha value is -0.850. The molecule has 1 rings (SSSR count). The molecule has 0 radical (unpaired) electrons. The Kier molecular flexibility index (Phi) is 8.53. The molecule has 1 fully saturated rings. The molecule has 0 saturated carbocycles. The molecule has 1 aliphatic heterocycles. The number of aliphatic imine (C=N–C) groups is 1. The molecule has 0 aliphatic carbocycles. The number of morpholine rings is 1. The number of hydrogen-bond donors (Lipinski definition) is 2. The van der Waals surface area contributed by atoms with E-state index < -0.39 is 0 Å². The number of guanidine groups is 1. The van der Waals surface area contributed by atoms with E-state index in [1.54, 1.807) is 7.11 Å². The van der Waals surface area contributed by atoms with Crippen molar-refractivity contribution < 1.29 is 9.47 Å². The van der Waals surface area contributed by atoms with E-state index in [2.05, 4.69) is 34.4 Å². The highest BCUT2D eigenvalue weighted by molar-refractivity contribution is 5.79. The monoisotopic (exact) mass is 272 g/mol. The fourth-order valence-corrected chi connectivity index (χ4v) is 1.97. The highest BCUT2D eigenvalue weighted by atomic mass is 16.5. The molecule has 6 nitrogen and oxygen atoms in total. The second-order valence-corrected chi connectivity index (χ2v) is 4.64. The quantitative estimate of drug-likeness (QED) is 0.385. The lowest BCUT2D eigenvalue weighted by atomic mass is 10.2. The van der Waals surface area contributed by atoms with Crippen LogP contribution in [-0.4, -0.2) is 76.6 Å². The maximum absolute atomic E-state index is 5.36. The molecule has 1 aliphatic rings. The lowest BCUT2D eigenvalue weighted by Crippen LogP contribution is -2.44. The third kappa shape index (κ3) is 6.75. The van der Waals surface area contributed by atoms with E-state index in [4.69, 9.17) is 9.47 Å². The maximum atomic E-state index is 5.36. The van der Waals surface area contributed by atoms with Gasteiger partial charge in [0.15, 0.2) is 5.96 Å². The zero-order valence-electron chi connectivity index (χ0n) is 12.4. The number of nitrogens with zero attached hydrogens (tertiary/aromatic N) is 2. The molecule has 0 bridgehead atoms. The Labute approximate surface area is 116 Å². The van der Waals surface area contributed by atoms with Crippen molar-refractivity contribution >= 4 is 5.96 Å². The van der Waals surface area contributed by atoms with E-state index in [0.29, 0.717) is 12.6 Å². The number of hydrogen-bond acceptors (Lipinski definition) is 4. The molecular weight excluding hydrogens is 244 g/mol. The first-order valence-electron chi connectivity index (χ1n) is 7.10. The smallest absolute Gasteiger partial charge is 0.191 e. The highest BCUT2D eigenvalue weighted by Crippen LogP contribution is 2.03. The van der Waals surface area contributed by atoms with Gasteiger partial charge in [-0.2, -0.15) is 0 Å². The molecule has 112 valence electrons. The van der Waals surface area contributed by atoms with Gasteiger partial charge in [-0.25, -0.2) is 0 Å². The number of nitrogens with one attached hydrogen (secondary N) is 2. The molecule has 1 atom stereocenters. The predicted octanol–water partition coefficient (Wildman–Crippen LogP) is -0.0914. The summed E-state index contributed by atoms with van der Waals surface area (Å²) in [5.74, 6) is 0.861. The normalized spacial score (nSPS) is 19.2. The Bertz CT molecular complexity index is 255. The minimum atomic E-state index is 0.446. The zero-order valence-corrected chi connectivity index (χ0v) is 12.4. The van der Waals surface area contributed by atoms with Gasteiger partial charge in [0.05, 0.1) is 26.4 Å². The van der Waals surface area contributed by atoms with E-state index in [0.717, 1.165) is 51.9 Å². The summed E-state index contributed by atoms with van der Waals surface area (Å²) < 4.78 is 10.4. The lowest BCUT2D eigenvalue weighted by molar-refractivity contribution is 0.0220. The summed E-state index contributed by atoms with van der Waals surface area (Å²) in [5, 5.41) is 6.49. The molecule has 1 saturated heterocycles. The summed E-state index contributed by atoms with van der Waals surface area (Å²) in [4.78, 5) is 7.04. The molecular formula is C13H28N4O2. The van der Waals surface area contributed by atoms with Crippen LogP contribution < -0.4 is 10.6 Å². The van der Waals surface area contributed by atoms with Crippen molar-refractivity contribution in [3.8, 4) is 0 Å². The minimum absolute atomic E-state index is 0.446. The van der Waals surface area contributed by atoms with Crippen LogP contribution in [0.1, 0.15) is 13.8 Å². The van der Waals surface area contributed by atoms with E-state index in [1.807, 2.05) is 0 Å². The fourth-order valence-electron chi connectivity index (χ4n) is 1.97. The first-order valence-corrected chi connectivity index (χ1v) is 7.10. The first-order chi connectivity index (χ1) is 9.27. The molecule has 0 amide bonds. The van der Waals surface area contributed by atoms with E-state index >= 15 is 0 Å². The zero-order chi connectivity index (χ0) is 13.9. The average Bonchev–Trinajstić information content (AvgIpc) is 2.45. The summed E-state index contributed by atoms with van der Waals surface area (Å²) in [6.45, 7) is 11.1. The van der Waals surface area contributed by atoms with Crippen LogP contribution in [0.3, 0.4) is 0 Å². The largest absolute Gasteiger partial charge is 0.383 e. The standard InChI is InChI=1S/C13H28N4O2/c1-4-14-13(15-5-8-18-3)16-11-12(2)17-6-9-19-10-7-17/h12H,4-11H2,1-3H3,(H2,14,15,16). The average molecular weight is 272 g/mol. The number of rotatable bonds is 7. The lowest BCUT2D eigenvalue weighted by Gasteiger charge is -2.31. The molecule has 1 unspecified atom stereocenters. The Balaban J connectivity index is 2.34. The van der Waals surface area contributed by atoms with Crippen LogP contribution in [0.5, 0.6) is 0 Å². The van der Waals surface area contributed by atoms with Crippen molar-refractivity contribution in [1.82, 2.24) is 15.5 Å². The van der Waals surface area contributed by atoms with Crippen LogP contribution >= 0.6 is 0 Å². The molecule has 0 aromatic rings. The molecule has 1 heterocycles. The molecule has 19 heavy (non-hydrogen) atoms. The molecule has 0 aromatic heterocycles. The van der Waals surface area contributed by atoms with Crippen molar-refractivity contribution in [3.63, 3.8) is 0 Å². The predicted molar refractivity (Wildman–Crippen MR) is 77.7 cm³/mol. The van der Waals surface area contributed by atoms with Crippen molar-refractivity contribution in [1.29, 1.82) is 0 Å². The van der Waals surface area contributed by atoms with Gasteiger partial charge >= 0.3 is 0 Å².